The molecule has 0 N–H and O–H groups in total. The van der Waals surface area contributed by atoms with Crippen LogP contribution in [0.25, 0.3) is 0 Å². The number of anilines is 1. The van der Waals surface area contributed by atoms with Crippen LogP contribution in [0.5, 0.6) is 0 Å². The van der Waals surface area contributed by atoms with E-state index < -0.39 is 0 Å². The smallest absolute Gasteiger partial charge is 0.410 e. The Bertz CT molecular complexity index is 941. The maximum absolute atomic E-state index is 13.1. The van der Waals surface area contributed by atoms with E-state index in [1.807, 2.05) is 28.5 Å². The van der Waals surface area contributed by atoms with Crippen LogP contribution in [-0.2, 0) is 11.2 Å². The molecule has 0 saturated carbocycles. The van der Waals surface area contributed by atoms with Crippen molar-refractivity contribution in [3.8, 4) is 12.3 Å². The Hall–Kier alpha value is -2.85. The molecule has 3 heterocycles. The SMILES string of the molecule is C#CCOC(=O)N1CCC(c2nc(C(=O)N3CCCc4ccccc43)cs2)CC1. The molecule has 2 aliphatic rings. The molecule has 1 fully saturated rings. The highest BCUT2D eigenvalue weighted by Gasteiger charge is 2.29. The molecule has 0 spiro atoms. The van der Waals surface area contributed by atoms with Gasteiger partial charge in [0.1, 0.15) is 5.69 Å². The number of amides is 2. The van der Waals surface area contributed by atoms with Crippen LogP contribution in [0.3, 0.4) is 0 Å². The number of rotatable bonds is 3. The number of hydrogen-bond donors (Lipinski definition) is 0. The van der Waals surface area contributed by atoms with Gasteiger partial charge in [0.2, 0.25) is 0 Å². The largest absolute Gasteiger partial charge is 0.436 e. The van der Waals surface area contributed by atoms with Crippen molar-refractivity contribution in [3.63, 3.8) is 0 Å². The summed E-state index contributed by atoms with van der Waals surface area (Å²) in [4.78, 5) is 33.2. The third-order valence-electron chi connectivity index (χ3n) is 5.48. The van der Waals surface area contributed by atoms with Gasteiger partial charge in [-0.3, -0.25) is 4.79 Å². The number of benzene rings is 1. The summed E-state index contributed by atoms with van der Waals surface area (Å²) in [5, 5.41) is 2.83. The summed E-state index contributed by atoms with van der Waals surface area (Å²) in [5.74, 6) is 2.53. The highest BCUT2D eigenvalue weighted by molar-refractivity contribution is 7.10. The lowest BCUT2D eigenvalue weighted by atomic mass is 9.98. The zero-order valence-electron chi connectivity index (χ0n) is 16.2. The molecule has 1 aromatic carbocycles. The molecule has 4 rings (SSSR count). The number of aromatic nitrogens is 1. The number of piperidine rings is 1. The monoisotopic (exact) mass is 409 g/mol. The van der Waals surface area contributed by atoms with E-state index >= 15 is 0 Å². The number of ether oxygens (including phenoxy) is 1. The number of aryl methyl sites for hydroxylation is 1. The van der Waals surface area contributed by atoms with E-state index in [0.29, 0.717) is 18.8 Å². The summed E-state index contributed by atoms with van der Waals surface area (Å²) < 4.78 is 4.99. The molecule has 1 aromatic heterocycles. The fourth-order valence-electron chi connectivity index (χ4n) is 3.96. The molecular formula is C22H23N3O3S. The maximum Gasteiger partial charge on any atom is 0.410 e. The Morgan fingerprint density at radius 3 is 2.83 bits per heavy atom. The minimum absolute atomic E-state index is 0.00363. The van der Waals surface area contributed by atoms with Crippen molar-refractivity contribution in [1.82, 2.24) is 9.88 Å². The van der Waals surface area contributed by atoms with Crippen LogP contribution in [0, 0.1) is 12.3 Å². The van der Waals surface area contributed by atoms with Gasteiger partial charge in [-0.15, -0.1) is 17.8 Å². The van der Waals surface area contributed by atoms with E-state index in [-0.39, 0.29) is 24.5 Å². The summed E-state index contributed by atoms with van der Waals surface area (Å²) in [6.07, 6.45) is 8.35. The fraction of sp³-hybridized carbons (Fsp3) is 0.409. The molecular weight excluding hydrogens is 386 g/mol. The Morgan fingerprint density at radius 2 is 2.03 bits per heavy atom. The standard InChI is InChI=1S/C22H23N3O3S/c1-2-14-28-22(27)24-12-9-17(10-13-24)20-23-18(15-29-20)21(26)25-11-5-7-16-6-3-4-8-19(16)25/h1,3-4,6,8,15,17H,5,7,9-14H2. The Morgan fingerprint density at radius 1 is 1.24 bits per heavy atom. The minimum Gasteiger partial charge on any atom is -0.436 e. The summed E-state index contributed by atoms with van der Waals surface area (Å²) >= 11 is 1.53. The molecule has 0 aliphatic carbocycles. The number of fused-ring (bicyclic) bond motifs is 1. The van der Waals surface area contributed by atoms with Gasteiger partial charge in [0.05, 0.1) is 5.01 Å². The lowest BCUT2D eigenvalue weighted by molar-refractivity contribution is 0.0980. The maximum atomic E-state index is 13.1. The highest BCUT2D eigenvalue weighted by Crippen LogP contribution is 2.32. The Balaban J connectivity index is 1.40. The van der Waals surface area contributed by atoms with Crippen LogP contribution >= 0.6 is 11.3 Å². The summed E-state index contributed by atoms with van der Waals surface area (Å²) in [5.41, 5.74) is 2.72. The van der Waals surface area contributed by atoms with Gasteiger partial charge in [-0.25, -0.2) is 9.78 Å². The number of likely N-dealkylation sites (tertiary alicyclic amines) is 1. The normalized spacial score (nSPS) is 16.8. The molecule has 0 bridgehead atoms. The number of carbonyl (C=O) groups is 2. The Labute approximate surface area is 174 Å². The molecule has 7 heteroatoms. The average Bonchev–Trinajstić information content (AvgIpc) is 3.27. The predicted molar refractivity (Wildman–Crippen MR) is 112 cm³/mol. The van der Waals surface area contributed by atoms with E-state index in [2.05, 4.69) is 17.0 Å². The molecule has 0 atom stereocenters. The molecule has 0 radical (unpaired) electrons. The van der Waals surface area contributed by atoms with E-state index in [9.17, 15) is 9.59 Å². The third-order valence-corrected chi connectivity index (χ3v) is 6.49. The van der Waals surface area contributed by atoms with Crippen LogP contribution in [0.2, 0.25) is 0 Å². The number of hydrogen-bond acceptors (Lipinski definition) is 5. The second kappa shape index (κ2) is 8.66. The van der Waals surface area contributed by atoms with Crippen LogP contribution < -0.4 is 4.90 Å². The first-order valence-corrected chi connectivity index (χ1v) is 10.8. The second-order valence-electron chi connectivity index (χ2n) is 7.28. The summed E-state index contributed by atoms with van der Waals surface area (Å²) in [6, 6.07) is 8.08. The molecule has 1 saturated heterocycles. The van der Waals surface area contributed by atoms with Crippen LogP contribution in [-0.4, -0.2) is 48.1 Å². The zero-order chi connectivity index (χ0) is 20.2. The van der Waals surface area contributed by atoms with Crippen molar-refractivity contribution in [2.24, 2.45) is 0 Å². The molecule has 6 nitrogen and oxygen atoms in total. The van der Waals surface area contributed by atoms with Crippen LogP contribution in [0.1, 0.15) is 46.2 Å². The number of terminal acetylenes is 1. The summed E-state index contributed by atoms with van der Waals surface area (Å²) in [7, 11) is 0. The molecule has 0 unspecified atom stereocenters. The first kappa shape index (κ1) is 19.5. The van der Waals surface area contributed by atoms with E-state index in [0.717, 1.165) is 42.9 Å². The van der Waals surface area contributed by atoms with Gasteiger partial charge >= 0.3 is 6.09 Å². The molecule has 29 heavy (non-hydrogen) atoms. The fourth-order valence-corrected chi connectivity index (χ4v) is 4.93. The van der Waals surface area contributed by atoms with Gasteiger partial charge in [0.15, 0.2) is 6.61 Å². The van der Waals surface area contributed by atoms with Crippen LogP contribution in [0.4, 0.5) is 10.5 Å². The zero-order valence-corrected chi connectivity index (χ0v) is 17.0. The second-order valence-corrected chi connectivity index (χ2v) is 8.17. The lowest BCUT2D eigenvalue weighted by Gasteiger charge is -2.30. The number of carbonyl (C=O) groups excluding carboxylic acids is 2. The van der Waals surface area contributed by atoms with Gasteiger partial charge in [-0.2, -0.15) is 0 Å². The van der Waals surface area contributed by atoms with Gasteiger partial charge < -0.3 is 14.5 Å². The lowest BCUT2D eigenvalue weighted by Crippen LogP contribution is -2.38. The van der Waals surface area contributed by atoms with Crippen molar-refractivity contribution in [2.45, 2.75) is 31.6 Å². The molecule has 2 amide bonds. The van der Waals surface area contributed by atoms with E-state index in [1.165, 1.54) is 16.9 Å². The van der Waals surface area contributed by atoms with Gasteiger partial charge in [0.25, 0.3) is 5.91 Å². The predicted octanol–water partition coefficient (Wildman–Crippen LogP) is 3.69. The quantitative estimate of drug-likeness (QED) is 0.726. The van der Waals surface area contributed by atoms with Crippen molar-refractivity contribution in [3.05, 3.63) is 45.9 Å². The van der Waals surface area contributed by atoms with E-state index in [1.54, 1.807) is 4.90 Å². The van der Waals surface area contributed by atoms with Gasteiger partial charge in [-0.05, 0) is 37.3 Å². The average molecular weight is 410 g/mol. The molecule has 150 valence electrons. The van der Waals surface area contributed by atoms with Crippen molar-refractivity contribution in [1.29, 1.82) is 0 Å². The highest BCUT2D eigenvalue weighted by atomic mass is 32.1. The van der Waals surface area contributed by atoms with Gasteiger partial charge in [0, 0.05) is 36.6 Å². The topological polar surface area (TPSA) is 62.7 Å². The van der Waals surface area contributed by atoms with E-state index in [4.69, 9.17) is 11.2 Å². The van der Waals surface area contributed by atoms with Gasteiger partial charge in [-0.1, -0.05) is 24.1 Å². The number of thiazole rings is 1. The minimum atomic E-state index is -0.361. The number of para-hydroxylation sites is 1. The third kappa shape index (κ3) is 4.13. The molecule has 2 aromatic rings. The van der Waals surface area contributed by atoms with Crippen molar-refractivity contribution >= 4 is 29.0 Å². The molecule has 2 aliphatic heterocycles. The first-order chi connectivity index (χ1) is 14.2. The van der Waals surface area contributed by atoms with Crippen molar-refractivity contribution < 1.29 is 14.3 Å². The number of nitrogens with zero attached hydrogens (tertiary/aromatic N) is 3. The van der Waals surface area contributed by atoms with Crippen LogP contribution in [0.15, 0.2) is 29.6 Å². The summed E-state index contributed by atoms with van der Waals surface area (Å²) in [6.45, 7) is 1.93. The van der Waals surface area contributed by atoms with Crippen molar-refractivity contribution in [2.75, 3.05) is 31.1 Å². The first-order valence-electron chi connectivity index (χ1n) is 9.87. The Kier molecular flexibility index (Phi) is 5.81.